The van der Waals surface area contributed by atoms with E-state index in [1.165, 1.54) is 0 Å². The molecule has 0 saturated heterocycles. The molecule has 0 radical (unpaired) electrons. The van der Waals surface area contributed by atoms with Crippen molar-refractivity contribution < 1.29 is 27.4 Å². The molecule has 26 heavy (non-hydrogen) atoms. The minimum Gasteiger partial charge on any atom is -0.492 e. The van der Waals surface area contributed by atoms with E-state index in [0.717, 1.165) is 23.8 Å². The Morgan fingerprint density at radius 3 is 2.58 bits per heavy atom. The van der Waals surface area contributed by atoms with Gasteiger partial charge in [-0.2, -0.15) is 0 Å². The van der Waals surface area contributed by atoms with Gasteiger partial charge in [-0.3, -0.25) is 0 Å². The summed E-state index contributed by atoms with van der Waals surface area (Å²) in [6.45, 7) is 3.99. The van der Waals surface area contributed by atoms with E-state index in [2.05, 4.69) is 4.72 Å². The Labute approximate surface area is 151 Å². The second-order valence-electron chi connectivity index (χ2n) is 5.89. The summed E-state index contributed by atoms with van der Waals surface area (Å²) in [7, 11) is -4.20. The minimum absolute atomic E-state index is 0.0448. The molecule has 0 amide bonds. The van der Waals surface area contributed by atoms with Crippen molar-refractivity contribution in [1.82, 2.24) is 4.72 Å². The molecule has 0 atom stereocenters. The number of rotatable bonds is 8. The number of hydrogen-bond acceptors (Lipinski definition) is 4. The van der Waals surface area contributed by atoms with E-state index in [1.807, 2.05) is 32.0 Å². The van der Waals surface area contributed by atoms with Crippen molar-refractivity contribution in [2.75, 3.05) is 13.2 Å². The van der Waals surface area contributed by atoms with Gasteiger partial charge >= 0.3 is 5.97 Å². The molecule has 140 valence electrons. The average Bonchev–Trinajstić information content (AvgIpc) is 2.59. The SMILES string of the molecule is CC(C)c1ccccc1OCCNS(=O)(=O)c1cc(C(=O)O)ccc1F. The van der Waals surface area contributed by atoms with E-state index in [-0.39, 0.29) is 24.6 Å². The Bertz CT molecular complexity index is 896. The fourth-order valence-corrected chi connectivity index (χ4v) is 3.46. The summed E-state index contributed by atoms with van der Waals surface area (Å²) in [5.41, 5.74) is 0.685. The zero-order chi connectivity index (χ0) is 19.3. The third-order valence-electron chi connectivity index (χ3n) is 3.66. The lowest BCUT2D eigenvalue weighted by Gasteiger charge is -2.14. The molecular formula is C18H20FNO5S. The number of ether oxygens (including phenoxy) is 1. The number of carboxylic acids is 1. The number of hydrogen-bond donors (Lipinski definition) is 2. The Morgan fingerprint density at radius 2 is 1.92 bits per heavy atom. The Balaban J connectivity index is 2.04. The monoisotopic (exact) mass is 381 g/mol. The van der Waals surface area contributed by atoms with Crippen molar-refractivity contribution in [1.29, 1.82) is 0 Å². The standard InChI is InChI=1S/C18H20FNO5S/c1-12(2)14-5-3-4-6-16(14)25-10-9-20-26(23,24)17-11-13(18(21)22)7-8-15(17)19/h3-8,11-12,20H,9-10H2,1-2H3,(H,21,22). The normalized spacial score (nSPS) is 11.5. The smallest absolute Gasteiger partial charge is 0.335 e. The first-order valence-corrected chi connectivity index (χ1v) is 9.45. The summed E-state index contributed by atoms with van der Waals surface area (Å²) in [6, 6.07) is 10.0. The van der Waals surface area contributed by atoms with E-state index in [0.29, 0.717) is 5.75 Å². The van der Waals surface area contributed by atoms with Gasteiger partial charge in [-0.1, -0.05) is 32.0 Å². The van der Waals surface area contributed by atoms with E-state index < -0.39 is 26.7 Å². The van der Waals surface area contributed by atoms with Crippen LogP contribution in [0.2, 0.25) is 0 Å². The molecule has 0 bridgehead atoms. The number of sulfonamides is 1. The average molecular weight is 381 g/mol. The zero-order valence-corrected chi connectivity index (χ0v) is 15.2. The number of carboxylic acid groups (broad SMARTS) is 1. The molecule has 0 saturated carbocycles. The maximum absolute atomic E-state index is 13.8. The van der Waals surface area contributed by atoms with E-state index in [1.54, 1.807) is 6.07 Å². The van der Waals surface area contributed by atoms with Crippen molar-refractivity contribution in [2.24, 2.45) is 0 Å². The van der Waals surface area contributed by atoms with E-state index >= 15 is 0 Å². The van der Waals surface area contributed by atoms with Gasteiger partial charge in [-0.25, -0.2) is 22.3 Å². The van der Waals surface area contributed by atoms with E-state index in [9.17, 15) is 17.6 Å². The van der Waals surface area contributed by atoms with Gasteiger partial charge in [-0.15, -0.1) is 0 Å². The first-order valence-electron chi connectivity index (χ1n) is 7.96. The highest BCUT2D eigenvalue weighted by Gasteiger charge is 2.21. The molecule has 2 aromatic carbocycles. The number of nitrogens with one attached hydrogen (secondary N) is 1. The number of benzene rings is 2. The summed E-state index contributed by atoms with van der Waals surface area (Å²) < 4.78 is 46.1. The van der Waals surface area contributed by atoms with Crippen molar-refractivity contribution in [3.63, 3.8) is 0 Å². The fourth-order valence-electron chi connectivity index (χ4n) is 2.35. The highest BCUT2D eigenvalue weighted by Crippen LogP contribution is 2.25. The number of carbonyl (C=O) groups is 1. The Morgan fingerprint density at radius 1 is 1.23 bits per heavy atom. The second kappa shape index (κ2) is 8.29. The van der Waals surface area contributed by atoms with Crippen LogP contribution >= 0.6 is 0 Å². The van der Waals surface area contributed by atoms with Crippen LogP contribution < -0.4 is 9.46 Å². The van der Waals surface area contributed by atoms with Gasteiger partial charge in [0.1, 0.15) is 23.1 Å². The van der Waals surface area contributed by atoms with Crippen molar-refractivity contribution in [2.45, 2.75) is 24.7 Å². The molecule has 0 unspecified atom stereocenters. The predicted molar refractivity (Wildman–Crippen MR) is 94.6 cm³/mol. The zero-order valence-electron chi connectivity index (χ0n) is 14.4. The quantitative estimate of drug-likeness (QED) is 0.686. The number of para-hydroxylation sites is 1. The third kappa shape index (κ3) is 4.80. The van der Waals surface area contributed by atoms with Gasteiger partial charge in [0.15, 0.2) is 0 Å². The summed E-state index contributed by atoms with van der Waals surface area (Å²) >= 11 is 0. The van der Waals surface area contributed by atoms with Crippen LogP contribution in [-0.4, -0.2) is 32.6 Å². The molecule has 8 heteroatoms. The molecule has 2 aromatic rings. The maximum Gasteiger partial charge on any atom is 0.335 e. The summed E-state index contributed by atoms with van der Waals surface area (Å²) in [5.74, 6) is -1.46. The van der Waals surface area contributed by atoms with Gasteiger partial charge in [0.2, 0.25) is 10.0 Å². The van der Waals surface area contributed by atoms with Gasteiger partial charge < -0.3 is 9.84 Å². The molecule has 0 heterocycles. The number of halogens is 1. The molecule has 0 spiro atoms. The Kier molecular flexibility index (Phi) is 6.33. The van der Waals surface area contributed by atoms with Crippen LogP contribution in [0.5, 0.6) is 5.75 Å². The molecule has 2 N–H and O–H groups in total. The topological polar surface area (TPSA) is 92.7 Å². The lowest BCUT2D eigenvalue weighted by atomic mass is 10.0. The summed E-state index contributed by atoms with van der Waals surface area (Å²) in [6.07, 6.45) is 0. The molecule has 0 fully saturated rings. The Hall–Kier alpha value is -2.45. The molecule has 0 aliphatic carbocycles. The van der Waals surface area contributed by atoms with Crippen LogP contribution in [0.4, 0.5) is 4.39 Å². The number of aromatic carboxylic acids is 1. The van der Waals surface area contributed by atoms with Crippen LogP contribution in [0, 0.1) is 5.82 Å². The highest BCUT2D eigenvalue weighted by atomic mass is 32.2. The molecular weight excluding hydrogens is 361 g/mol. The van der Waals surface area contributed by atoms with Gasteiger partial charge in [-0.05, 0) is 35.7 Å². The highest BCUT2D eigenvalue weighted by molar-refractivity contribution is 7.89. The summed E-state index contributed by atoms with van der Waals surface area (Å²) in [5, 5.41) is 8.92. The van der Waals surface area contributed by atoms with Crippen molar-refractivity contribution in [3.8, 4) is 5.75 Å². The van der Waals surface area contributed by atoms with Gasteiger partial charge in [0.05, 0.1) is 5.56 Å². The van der Waals surface area contributed by atoms with Crippen LogP contribution in [0.25, 0.3) is 0 Å². The van der Waals surface area contributed by atoms with Gasteiger partial charge in [0.25, 0.3) is 0 Å². The van der Waals surface area contributed by atoms with E-state index in [4.69, 9.17) is 9.84 Å². The molecule has 2 rings (SSSR count). The lowest BCUT2D eigenvalue weighted by Crippen LogP contribution is -2.29. The van der Waals surface area contributed by atoms with Crippen LogP contribution in [0.1, 0.15) is 35.7 Å². The molecule has 0 aliphatic rings. The molecule has 6 nitrogen and oxygen atoms in total. The van der Waals surface area contributed by atoms with Gasteiger partial charge in [0, 0.05) is 6.54 Å². The minimum atomic E-state index is -4.20. The first kappa shape index (κ1) is 19.9. The largest absolute Gasteiger partial charge is 0.492 e. The van der Waals surface area contributed by atoms with Crippen LogP contribution in [-0.2, 0) is 10.0 Å². The molecule has 0 aromatic heterocycles. The maximum atomic E-state index is 13.8. The second-order valence-corrected chi connectivity index (χ2v) is 7.62. The fraction of sp³-hybridized carbons (Fsp3) is 0.278. The third-order valence-corrected chi connectivity index (χ3v) is 5.14. The molecule has 0 aliphatic heterocycles. The predicted octanol–water partition coefficient (Wildman–Crippen LogP) is 3.00. The van der Waals surface area contributed by atoms with Crippen molar-refractivity contribution >= 4 is 16.0 Å². The van der Waals surface area contributed by atoms with Crippen LogP contribution in [0.3, 0.4) is 0 Å². The summed E-state index contributed by atoms with van der Waals surface area (Å²) in [4.78, 5) is 10.2. The van der Waals surface area contributed by atoms with Crippen LogP contribution in [0.15, 0.2) is 47.4 Å². The first-order chi connectivity index (χ1) is 12.2. The van der Waals surface area contributed by atoms with Crippen molar-refractivity contribution in [3.05, 3.63) is 59.4 Å². The lowest BCUT2D eigenvalue weighted by molar-refractivity contribution is 0.0696.